The number of aromatic nitrogens is 3. The van der Waals surface area contributed by atoms with Crippen LogP contribution in [0, 0.1) is 5.92 Å². The number of phenolic OH excluding ortho intramolecular Hbond substituents is 1. The van der Waals surface area contributed by atoms with Crippen molar-refractivity contribution in [2.75, 3.05) is 19.7 Å². The zero-order valence-electron chi connectivity index (χ0n) is 18.4. The summed E-state index contributed by atoms with van der Waals surface area (Å²) in [5, 5.41) is 22.4. The second-order valence-electron chi connectivity index (χ2n) is 8.23. The number of nitrogens with one attached hydrogen (secondary N) is 1. The summed E-state index contributed by atoms with van der Waals surface area (Å²) in [6, 6.07) is 5.50. The van der Waals surface area contributed by atoms with Gasteiger partial charge in [0.2, 0.25) is 5.91 Å². The van der Waals surface area contributed by atoms with Crippen molar-refractivity contribution in [2.24, 2.45) is 5.92 Å². The Bertz CT molecular complexity index is 864. The fraction of sp³-hybridized carbons (Fsp3) is 0.591. The van der Waals surface area contributed by atoms with Crippen LogP contribution < -0.4 is 10.1 Å². The second-order valence-corrected chi connectivity index (χ2v) is 8.23. The molecule has 8 heteroatoms. The van der Waals surface area contributed by atoms with Crippen LogP contribution in [0.4, 0.5) is 0 Å². The normalized spacial score (nSPS) is 15.5. The van der Waals surface area contributed by atoms with Gasteiger partial charge >= 0.3 is 0 Å². The van der Waals surface area contributed by atoms with Gasteiger partial charge in [0.15, 0.2) is 17.3 Å². The van der Waals surface area contributed by atoms with Gasteiger partial charge in [-0.3, -0.25) is 9.69 Å². The van der Waals surface area contributed by atoms with Crippen molar-refractivity contribution in [2.45, 2.75) is 59.7 Å². The number of carbonyl (C=O) groups excluding carboxylic acids is 1. The van der Waals surface area contributed by atoms with Crippen LogP contribution in [0.25, 0.3) is 0 Å². The Morgan fingerprint density at radius 2 is 2.07 bits per heavy atom. The topological polar surface area (TPSA) is 92.5 Å². The number of phenols is 1. The maximum Gasteiger partial charge on any atom is 0.217 e. The number of amides is 1. The molecule has 0 radical (unpaired) electrons. The van der Waals surface area contributed by atoms with Crippen molar-refractivity contribution in [3.05, 3.63) is 35.4 Å². The van der Waals surface area contributed by atoms with Crippen LogP contribution in [0.15, 0.2) is 18.2 Å². The molecule has 3 rings (SSSR count). The Kier molecular flexibility index (Phi) is 7.31. The molecule has 1 aliphatic rings. The second kappa shape index (κ2) is 9.93. The van der Waals surface area contributed by atoms with E-state index in [-0.39, 0.29) is 17.7 Å². The first kappa shape index (κ1) is 22.1. The molecule has 2 aromatic rings. The van der Waals surface area contributed by atoms with Crippen LogP contribution in [0.2, 0.25) is 0 Å². The van der Waals surface area contributed by atoms with E-state index in [0.29, 0.717) is 24.8 Å². The van der Waals surface area contributed by atoms with Gasteiger partial charge in [-0.2, -0.15) is 0 Å². The Morgan fingerprint density at radius 3 is 2.77 bits per heavy atom. The van der Waals surface area contributed by atoms with Gasteiger partial charge in [-0.25, -0.2) is 0 Å². The van der Waals surface area contributed by atoms with Gasteiger partial charge in [0, 0.05) is 45.1 Å². The standard InChI is InChI=1S/C22H33N5O3/c1-5-30-19-8-6-7-17(21(19)29)14-26-10-9-20-24-25-22(27(20)12-11-26)18(13-15(2)3)23-16(4)28/h6-8,15,18,29H,5,9-14H2,1-4H3,(H,23,28)/t18-/m1/s1. The van der Waals surface area contributed by atoms with Gasteiger partial charge in [-0.15, -0.1) is 10.2 Å². The summed E-state index contributed by atoms with van der Waals surface area (Å²) in [6.45, 7) is 11.3. The molecule has 1 aromatic carbocycles. The minimum atomic E-state index is -0.137. The number of nitrogens with zero attached hydrogens (tertiary/aromatic N) is 4. The van der Waals surface area contributed by atoms with E-state index in [4.69, 9.17) is 4.74 Å². The Balaban J connectivity index is 1.73. The molecule has 1 aliphatic heterocycles. The zero-order valence-corrected chi connectivity index (χ0v) is 18.4. The van der Waals surface area contributed by atoms with Crippen LogP contribution in [-0.2, 0) is 24.3 Å². The van der Waals surface area contributed by atoms with E-state index in [1.807, 2.05) is 19.1 Å². The molecule has 0 bridgehead atoms. The summed E-state index contributed by atoms with van der Waals surface area (Å²) in [5.41, 5.74) is 0.856. The summed E-state index contributed by atoms with van der Waals surface area (Å²) >= 11 is 0. The number of aromatic hydroxyl groups is 1. The van der Waals surface area contributed by atoms with E-state index < -0.39 is 0 Å². The van der Waals surface area contributed by atoms with E-state index in [2.05, 4.69) is 38.8 Å². The predicted molar refractivity (Wildman–Crippen MR) is 114 cm³/mol. The van der Waals surface area contributed by atoms with E-state index >= 15 is 0 Å². The molecule has 164 valence electrons. The average molecular weight is 416 g/mol. The van der Waals surface area contributed by atoms with Crippen LogP contribution in [-0.4, -0.2) is 50.4 Å². The highest BCUT2D eigenvalue weighted by Gasteiger charge is 2.25. The van der Waals surface area contributed by atoms with Crippen LogP contribution in [0.1, 0.15) is 57.4 Å². The first-order chi connectivity index (χ1) is 14.4. The highest BCUT2D eigenvalue weighted by Crippen LogP contribution is 2.31. The zero-order chi connectivity index (χ0) is 21.7. The van der Waals surface area contributed by atoms with Gasteiger partial charge in [0.1, 0.15) is 5.82 Å². The monoisotopic (exact) mass is 415 g/mol. The molecule has 0 spiro atoms. The highest BCUT2D eigenvalue weighted by atomic mass is 16.5. The molecular weight excluding hydrogens is 382 g/mol. The molecule has 1 atom stereocenters. The fourth-order valence-corrected chi connectivity index (χ4v) is 3.96. The number of benzene rings is 1. The van der Waals surface area contributed by atoms with Gasteiger partial charge in [0.25, 0.3) is 0 Å². The molecule has 0 saturated heterocycles. The molecule has 0 unspecified atom stereocenters. The fourth-order valence-electron chi connectivity index (χ4n) is 3.96. The maximum atomic E-state index is 11.7. The van der Waals surface area contributed by atoms with Gasteiger partial charge in [-0.1, -0.05) is 26.0 Å². The Labute approximate surface area is 178 Å². The first-order valence-corrected chi connectivity index (χ1v) is 10.7. The lowest BCUT2D eigenvalue weighted by molar-refractivity contribution is -0.119. The van der Waals surface area contributed by atoms with Crippen molar-refractivity contribution in [1.29, 1.82) is 0 Å². The van der Waals surface area contributed by atoms with Crippen molar-refractivity contribution < 1.29 is 14.6 Å². The van der Waals surface area contributed by atoms with E-state index in [0.717, 1.165) is 49.7 Å². The van der Waals surface area contributed by atoms with Crippen molar-refractivity contribution in [3.8, 4) is 11.5 Å². The van der Waals surface area contributed by atoms with Crippen LogP contribution >= 0.6 is 0 Å². The van der Waals surface area contributed by atoms with Gasteiger partial charge < -0.3 is 19.7 Å². The summed E-state index contributed by atoms with van der Waals surface area (Å²) in [4.78, 5) is 14.0. The molecule has 8 nitrogen and oxygen atoms in total. The molecule has 30 heavy (non-hydrogen) atoms. The first-order valence-electron chi connectivity index (χ1n) is 10.7. The van der Waals surface area contributed by atoms with Gasteiger partial charge in [0.05, 0.1) is 12.6 Å². The minimum absolute atomic E-state index is 0.0575. The molecule has 1 amide bonds. The van der Waals surface area contributed by atoms with Crippen molar-refractivity contribution in [1.82, 2.24) is 25.0 Å². The molecule has 1 aromatic heterocycles. The van der Waals surface area contributed by atoms with E-state index in [1.165, 1.54) is 6.92 Å². The third-order valence-corrected chi connectivity index (χ3v) is 5.32. The molecule has 0 fully saturated rings. The van der Waals surface area contributed by atoms with E-state index in [9.17, 15) is 9.90 Å². The average Bonchev–Trinajstić information content (AvgIpc) is 2.98. The highest BCUT2D eigenvalue weighted by molar-refractivity contribution is 5.73. The lowest BCUT2D eigenvalue weighted by atomic mass is 10.0. The summed E-state index contributed by atoms with van der Waals surface area (Å²) < 4.78 is 7.66. The number of fused-ring (bicyclic) bond motifs is 1. The largest absolute Gasteiger partial charge is 0.504 e. The quantitative estimate of drug-likeness (QED) is 0.689. The van der Waals surface area contributed by atoms with E-state index in [1.54, 1.807) is 6.07 Å². The Hall–Kier alpha value is -2.61. The van der Waals surface area contributed by atoms with Gasteiger partial charge in [-0.05, 0) is 25.3 Å². The third kappa shape index (κ3) is 5.30. The summed E-state index contributed by atoms with van der Waals surface area (Å²) in [5.74, 6) is 2.88. The van der Waals surface area contributed by atoms with Crippen LogP contribution in [0.5, 0.6) is 11.5 Å². The number of rotatable bonds is 8. The maximum absolute atomic E-state index is 11.7. The number of hydrogen-bond acceptors (Lipinski definition) is 6. The number of ether oxygens (including phenoxy) is 1. The van der Waals surface area contributed by atoms with Crippen molar-refractivity contribution in [3.63, 3.8) is 0 Å². The SMILES string of the molecule is CCOc1cccc(CN2CCc3nnc([C@@H](CC(C)C)NC(C)=O)n3CC2)c1O. The number of para-hydroxylation sites is 1. The number of carbonyl (C=O) groups is 1. The van der Waals surface area contributed by atoms with Crippen molar-refractivity contribution >= 4 is 5.91 Å². The molecular formula is C22H33N5O3. The molecule has 2 heterocycles. The lowest BCUT2D eigenvalue weighted by Gasteiger charge is -2.22. The lowest BCUT2D eigenvalue weighted by Crippen LogP contribution is -2.31. The summed E-state index contributed by atoms with van der Waals surface area (Å²) in [6.07, 6.45) is 1.59. The predicted octanol–water partition coefficient (Wildman–Crippen LogP) is 2.66. The Morgan fingerprint density at radius 1 is 1.27 bits per heavy atom. The molecule has 2 N–H and O–H groups in total. The van der Waals surface area contributed by atoms with Crippen LogP contribution in [0.3, 0.4) is 0 Å². The minimum Gasteiger partial charge on any atom is -0.504 e. The number of hydrogen-bond donors (Lipinski definition) is 2. The third-order valence-electron chi connectivity index (χ3n) is 5.32. The molecule has 0 saturated carbocycles. The summed E-state index contributed by atoms with van der Waals surface area (Å²) in [7, 11) is 0. The smallest absolute Gasteiger partial charge is 0.217 e. The molecule has 0 aliphatic carbocycles.